The number of ether oxygens (including phenoxy) is 4. The standard InChI is InChI=1S/C27H30O6/c1-30-23-13-19(14-24(16-23)31-2)8-12-22-15-21(25(32-3)17-26(22)33-4)11-7-18-5-9-20(10-6-18)27(28)29/h5-6,9-10,13-17H,7-8,11-12H2,1-4H3,(H,28,29). The van der Waals surface area contributed by atoms with E-state index in [0.717, 1.165) is 70.9 Å². The van der Waals surface area contributed by atoms with Crippen LogP contribution in [0.2, 0.25) is 0 Å². The summed E-state index contributed by atoms with van der Waals surface area (Å²) >= 11 is 0. The molecule has 0 saturated heterocycles. The van der Waals surface area contributed by atoms with E-state index in [2.05, 4.69) is 6.07 Å². The van der Waals surface area contributed by atoms with Gasteiger partial charge in [-0.2, -0.15) is 0 Å². The number of hydrogen-bond acceptors (Lipinski definition) is 5. The first kappa shape index (κ1) is 24.0. The van der Waals surface area contributed by atoms with Gasteiger partial charge in [-0.1, -0.05) is 12.1 Å². The zero-order valence-corrected chi connectivity index (χ0v) is 19.5. The molecule has 6 nitrogen and oxygen atoms in total. The molecule has 0 aliphatic rings. The molecule has 0 bridgehead atoms. The molecule has 0 spiro atoms. The van der Waals surface area contributed by atoms with Crippen LogP contribution in [0.3, 0.4) is 0 Å². The van der Waals surface area contributed by atoms with Gasteiger partial charge in [-0.25, -0.2) is 4.79 Å². The van der Waals surface area contributed by atoms with Crippen molar-refractivity contribution in [3.8, 4) is 23.0 Å². The number of carboxylic acids is 1. The van der Waals surface area contributed by atoms with E-state index in [1.807, 2.05) is 36.4 Å². The molecule has 174 valence electrons. The lowest BCUT2D eigenvalue weighted by molar-refractivity contribution is 0.0697. The average molecular weight is 451 g/mol. The van der Waals surface area contributed by atoms with Crippen molar-refractivity contribution in [3.63, 3.8) is 0 Å². The monoisotopic (exact) mass is 450 g/mol. The van der Waals surface area contributed by atoms with Gasteiger partial charge in [0.25, 0.3) is 0 Å². The van der Waals surface area contributed by atoms with Crippen LogP contribution >= 0.6 is 0 Å². The Bertz CT molecular complexity index is 1070. The maximum Gasteiger partial charge on any atom is 0.335 e. The number of carbonyl (C=O) groups is 1. The van der Waals surface area contributed by atoms with Crippen LogP contribution in [0.4, 0.5) is 0 Å². The minimum Gasteiger partial charge on any atom is -0.497 e. The highest BCUT2D eigenvalue weighted by Crippen LogP contribution is 2.32. The highest BCUT2D eigenvalue weighted by atomic mass is 16.5. The number of carboxylic acid groups (broad SMARTS) is 1. The minimum absolute atomic E-state index is 0.289. The van der Waals surface area contributed by atoms with E-state index in [4.69, 9.17) is 24.1 Å². The zero-order valence-electron chi connectivity index (χ0n) is 19.5. The third-order valence-electron chi connectivity index (χ3n) is 5.66. The summed E-state index contributed by atoms with van der Waals surface area (Å²) < 4.78 is 22.0. The summed E-state index contributed by atoms with van der Waals surface area (Å²) in [5, 5.41) is 9.08. The molecule has 1 N–H and O–H groups in total. The smallest absolute Gasteiger partial charge is 0.335 e. The molecular weight excluding hydrogens is 420 g/mol. The van der Waals surface area contributed by atoms with E-state index >= 15 is 0 Å². The predicted octanol–water partition coefficient (Wildman–Crippen LogP) is 4.99. The number of methoxy groups -OCH3 is 4. The highest BCUT2D eigenvalue weighted by molar-refractivity contribution is 5.87. The number of aromatic carboxylic acids is 1. The number of benzene rings is 3. The largest absolute Gasteiger partial charge is 0.497 e. The summed E-state index contributed by atoms with van der Waals surface area (Å²) in [6.07, 6.45) is 3.12. The van der Waals surface area contributed by atoms with E-state index in [0.29, 0.717) is 0 Å². The second-order valence-electron chi connectivity index (χ2n) is 7.70. The molecule has 3 aromatic rings. The number of hydrogen-bond donors (Lipinski definition) is 1. The van der Waals surface area contributed by atoms with Crippen LogP contribution in [0, 0.1) is 0 Å². The van der Waals surface area contributed by atoms with Crippen LogP contribution in [-0.4, -0.2) is 39.5 Å². The van der Waals surface area contributed by atoms with Gasteiger partial charge in [-0.05, 0) is 78.3 Å². The van der Waals surface area contributed by atoms with Crippen LogP contribution in [0.25, 0.3) is 0 Å². The molecule has 0 heterocycles. The van der Waals surface area contributed by atoms with Crippen molar-refractivity contribution in [2.75, 3.05) is 28.4 Å². The van der Waals surface area contributed by atoms with Crippen molar-refractivity contribution in [1.29, 1.82) is 0 Å². The quantitative estimate of drug-likeness (QED) is 0.444. The van der Waals surface area contributed by atoms with Crippen molar-refractivity contribution in [3.05, 3.63) is 82.4 Å². The minimum atomic E-state index is -0.920. The first-order valence-corrected chi connectivity index (χ1v) is 10.7. The van der Waals surface area contributed by atoms with Gasteiger partial charge in [-0.15, -0.1) is 0 Å². The van der Waals surface area contributed by atoms with Crippen LogP contribution in [0.5, 0.6) is 23.0 Å². The third-order valence-corrected chi connectivity index (χ3v) is 5.66. The summed E-state index contributed by atoms with van der Waals surface area (Å²) in [5.74, 6) is 2.18. The SMILES string of the molecule is COc1cc(CCc2cc(CCc3ccc(C(=O)O)cc3)c(OC)cc2OC)cc(OC)c1. The van der Waals surface area contributed by atoms with Crippen LogP contribution < -0.4 is 18.9 Å². The second-order valence-corrected chi connectivity index (χ2v) is 7.70. The number of rotatable bonds is 11. The molecule has 0 aliphatic carbocycles. The summed E-state index contributed by atoms with van der Waals surface area (Å²) in [4.78, 5) is 11.1. The Hall–Kier alpha value is -3.67. The van der Waals surface area contributed by atoms with Crippen molar-refractivity contribution in [2.24, 2.45) is 0 Å². The maximum atomic E-state index is 11.1. The van der Waals surface area contributed by atoms with Crippen LogP contribution in [-0.2, 0) is 25.7 Å². The van der Waals surface area contributed by atoms with Gasteiger partial charge in [0.05, 0.1) is 34.0 Å². The molecular formula is C27H30O6. The van der Waals surface area contributed by atoms with Gasteiger partial charge in [0.2, 0.25) is 0 Å². The molecule has 0 aromatic heterocycles. The topological polar surface area (TPSA) is 74.2 Å². The molecule has 0 fully saturated rings. The summed E-state index contributed by atoms with van der Waals surface area (Å²) in [6, 6.07) is 16.9. The summed E-state index contributed by atoms with van der Waals surface area (Å²) in [6.45, 7) is 0. The molecule has 0 aliphatic heterocycles. The molecule has 33 heavy (non-hydrogen) atoms. The third kappa shape index (κ3) is 6.19. The Kier molecular flexibility index (Phi) is 8.19. The van der Waals surface area contributed by atoms with E-state index < -0.39 is 5.97 Å². The van der Waals surface area contributed by atoms with E-state index in [1.165, 1.54) is 0 Å². The van der Waals surface area contributed by atoms with Crippen LogP contribution in [0.1, 0.15) is 32.6 Å². The highest BCUT2D eigenvalue weighted by Gasteiger charge is 2.13. The maximum absolute atomic E-state index is 11.1. The molecule has 0 radical (unpaired) electrons. The zero-order chi connectivity index (χ0) is 23.8. The van der Waals surface area contributed by atoms with Gasteiger partial charge in [0, 0.05) is 12.1 Å². The molecule has 0 amide bonds. The molecule has 0 saturated carbocycles. The summed E-state index contributed by atoms with van der Waals surface area (Å²) in [7, 11) is 6.61. The fraction of sp³-hybridized carbons (Fsp3) is 0.296. The fourth-order valence-electron chi connectivity index (χ4n) is 3.81. The lowest BCUT2D eigenvalue weighted by Crippen LogP contribution is -2.02. The summed E-state index contributed by atoms with van der Waals surface area (Å²) in [5.41, 5.74) is 4.65. The Morgan fingerprint density at radius 2 is 1.15 bits per heavy atom. The number of aryl methyl sites for hydroxylation is 4. The second kappa shape index (κ2) is 11.3. The van der Waals surface area contributed by atoms with E-state index in [-0.39, 0.29) is 5.56 Å². The molecule has 0 unspecified atom stereocenters. The molecule has 6 heteroatoms. The Balaban J connectivity index is 1.79. The molecule has 3 aromatic carbocycles. The van der Waals surface area contributed by atoms with Gasteiger partial charge in [0.1, 0.15) is 23.0 Å². The normalized spacial score (nSPS) is 10.5. The van der Waals surface area contributed by atoms with Crippen molar-refractivity contribution in [1.82, 2.24) is 0 Å². The van der Waals surface area contributed by atoms with Crippen molar-refractivity contribution >= 4 is 5.97 Å². The predicted molar refractivity (Wildman–Crippen MR) is 127 cm³/mol. The average Bonchev–Trinajstić information content (AvgIpc) is 2.85. The Morgan fingerprint density at radius 3 is 1.61 bits per heavy atom. The Labute approximate surface area is 194 Å². The van der Waals surface area contributed by atoms with Crippen molar-refractivity contribution in [2.45, 2.75) is 25.7 Å². The van der Waals surface area contributed by atoms with E-state index in [9.17, 15) is 4.79 Å². The van der Waals surface area contributed by atoms with Gasteiger partial charge in [0.15, 0.2) is 0 Å². The molecule has 3 rings (SSSR count). The first-order chi connectivity index (χ1) is 16.0. The van der Waals surface area contributed by atoms with Crippen LogP contribution in [0.15, 0.2) is 54.6 Å². The Morgan fingerprint density at radius 1 is 0.636 bits per heavy atom. The van der Waals surface area contributed by atoms with E-state index in [1.54, 1.807) is 40.6 Å². The lowest BCUT2D eigenvalue weighted by atomic mass is 9.97. The first-order valence-electron chi connectivity index (χ1n) is 10.7. The van der Waals surface area contributed by atoms with Gasteiger partial charge >= 0.3 is 5.97 Å². The van der Waals surface area contributed by atoms with Gasteiger partial charge < -0.3 is 24.1 Å². The van der Waals surface area contributed by atoms with Gasteiger partial charge in [-0.3, -0.25) is 0 Å². The van der Waals surface area contributed by atoms with Crippen molar-refractivity contribution < 1.29 is 28.8 Å². The molecule has 0 atom stereocenters. The fourth-order valence-corrected chi connectivity index (χ4v) is 3.81. The lowest BCUT2D eigenvalue weighted by Gasteiger charge is -2.16.